The highest BCUT2D eigenvalue weighted by Gasteiger charge is 2.41. The lowest BCUT2D eigenvalue weighted by Gasteiger charge is -2.28. The van der Waals surface area contributed by atoms with E-state index in [2.05, 4.69) is 20.7 Å². The third kappa shape index (κ3) is 2.76. The molecule has 0 saturated carbocycles. The van der Waals surface area contributed by atoms with Gasteiger partial charge in [-0.1, -0.05) is 11.6 Å². The van der Waals surface area contributed by atoms with Crippen LogP contribution in [0.4, 0.5) is 0 Å². The van der Waals surface area contributed by atoms with Crippen LogP contribution in [0.5, 0.6) is 0 Å². The molecule has 0 spiro atoms. The number of thiophene rings is 1. The maximum atomic E-state index is 12.3. The molecule has 0 radical (unpaired) electrons. The van der Waals surface area contributed by atoms with Crippen molar-refractivity contribution in [2.75, 3.05) is 6.61 Å². The van der Waals surface area contributed by atoms with Crippen LogP contribution in [0.1, 0.15) is 20.3 Å². The van der Waals surface area contributed by atoms with E-state index in [1.165, 1.54) is 6.07 Å². The van der Waals surface area contributed by atoms with Gasteiger partial charge in [0, 0.05) is 6.61 Å². The Hall–Kier alpha value is 0.340. The molecule has 1 aromatic heterocycles. The van der Waals surface area contributed by atoms with Crippen LogP contribution in [0, 0.1) is 0 Å². The van der Waals surface area contributed by atoms with Crippen molar-refractivity contribution in [2.24, 2.45) is 0 Å². The van der Waals surface area contributed by atoms with Gasteiger partial charge in [-0.15, -0.1) is 11.3 Å². The first-order valence-electron chi connectivity index (χ1n) is 5.35. The van der Waals surface area contributed by atoms with Crippen LogP contribution in [-0.2, 0) is 14.8 Å². The number of rotatable bonds is 3. The standard InChI is InChI=1S/C10H13BrClNO3S2/c1-6-10(2,3-4-16-6)13-18(14,15)8-5-7(12)9(11)17-8/h5-6,13H,3-4H2,1-2H3. The van der Waals surface area contributed by atoms with Crippen LogP contribution in [0.2, 0.25) is 5.02 Å². The third-order valence-electron chi connectivity index (χ3n) is 3.14. The Bertz CT molecular complexity index is 540. The second-order valence-corrected chi connectivity index (χ2v) is 9.16. The van der Waals surface area contributed by atoms with E-state index >= 15 is 0 Å². The molecule has 1 saturated heterocycles. The van der Waals surface area contributed by atoms with E-state index in [1.54, 1.807) is 0 Å². The van der Waals surface area contributed by atoms with E-state index in [-0.39, 0.29) is 10.3 Å². The van der Waals surface area contributed by atoms with Crippen molar-refractivity contribution in [3.63, 3.8) is 0 Å². The Morgan fingerprint density at radius 3 is 2.78 bits per heavy atom. The second kappa shape index (κ2) is 5.03. The average Bonchev–Trinajstić information content (AvgIpc) is 2.73. The first kappa shape index (κ1) is 14.7. The van der Waals surface area contributed by atoms with Crippen LogP contribution in [0.15, 0.2) is 14.1 Å². The number of hydrogen-bond acceptors (Lipinski definition) is 4. The van der Waals surface area contributed by atoms with Crippen LogP contribution in [0.25, 0.3) is 0 Å². The molecule has 1 aliphatic rings. The van der Waals surface area contributed by atoms with Crippen molar-refractivity contribution < 1.29 is 13.2 Å². The molecule has 1 N–H and O–H groups in total. The Morgan fingerprint density at radius 2 is 2.33 bits per heavy atom. The number of sulfonamides is 1. The average molecular weight is 375 g/mol. The minimum Gasteiger partial charge on any atom is -0.376 e. The molecule has 2 heterocycles. The fourth-order valence-electron chi connectivity index (χ4n) is 1.79. The van der Waals surface area contributed by atoms with E-state index in [0.29, 0.717) is 21.8 Å². The predicted octanol–water partition coefficient (Wildman–Crippen LogP) is 3.01. The third-order valence-corrected chi connectivity index (χ3v) is 7.70. The zero-order valence-electron chi connectivity index (χ0n) is 9.87. The van der Waals surface area contributed by atoms with Gasteiger partial charge >= 0.3 is 0 Å². The lowest BCUT2D eigenvalue weighted by Crippen LogP contribution is -2.50. The van der Waals surface area contributed by atoms with Gasteiger partial charge in [0.15, 0.2) is 0 Å². The summed E-state index contributed by atoms with van der Waals surface area (Å²) in [6.07, 6.45) is 0.513. The quantitative estimate of drug-likeness (QED) is 0.885. The minimum atomic E-state index is -3.56. The van der Waals surface area contributed by atoms with Crippen molar-refractivity contribution in [1.29, 1.82) is 0 Å². The molecule has 102 valence electrons. The van der Waals surface area contributed by atoms with Crippen molar-refractivity contribution in [3.05, 3.63) is 14.9 Å². The molecule has 2 rings (SSSR count). The molecular weight excluding hydrogens is 362 g/mol. The number of ether oxygens (including phenoxy) is 1. The molecule has 18 heavy (non-hydrogen) atoms. The van der Waals surface area contributed by atoms with E-state index in [0.717, 1.165) is 11.3 Å². The van der Waals surface area contributed by atoms with Crippen LogP contribution < -0.4 is 4.72 Å². The maximum absolute atomic E-state index is 12.3. The first-order chi connectivity index (χ1) is 8.24. The molecule has 1 fully saturated rings. The summed E-state index contributed by atoms with van der Waals surface area (Å²) in [5.41, 5.74) is -0.568. The number of halogens is 2. The van der Waals surface area contributed by atoms with Crippen molar-refractivity contribution in [1.82, 2.24) is 4.72 Å². The molecule has 1 aliphatic heterocycles. The number of hydrogen-bond donors (Lipinski definition) is 1. The van der Waals surface area contributed by atoms with Gasteiger partial charge in [-0.05, 0) is 42.3 Å². The van der Waals surface area contributed by atoms with Gasteiger partial charge in [0.05, 0.1) is 20.5 Å². The summed E-state index contributed by atoms with van der Waals surface area (Å²) in [4.78, 5) is 0. The van der Waals surface area contributed by atoms with Crippen molar-refractivity contribution >= 4 is 48.9 Å². The van der Waals surface area contributed by atoms with E-state index in [4.69, 9.17) is 16.3 Å². The Kier molecular flexibility index (Phi) is 4.12. The molecule has 8 heteroatoms. The molecule has 2 atom stereocenters. The first-order valence-corrected chi connectivity index (χ1v) is 8.82. The van der Waals surface area contributed by atoms with E-state index in [9.17, 15) is 8.42 Å². The van der Waals surface area contributed by atoms with Crippen LogP contribution in [-0.4, -0.2) is 26.7 Å². The molecule has 4 nitrogen and oxygen atoms in total. The van der Waals surface area contributed by atoms with Gasteiger partial charge in [-0.25, -0.2) is 13.1 Å². The van der Waals surface area contributed by atoms with Gasteiger partial charge in [0.25, 0.3) is 10.0 Å². The SMILES string of the molecule is CC1OCCC1(C)NS(=O)(=O)c1cc(Cl)c(Br)s1. The van der Waals surface area contributed by atoms with Crippen molar-refractivity contribution in [3.8, 4) is 0 Å². The van der Waals surface area contributed by atoms with E-state index in [1.807, 2.05) is 13.8 Å². The van der Waals surface area contributed by atoms with Crippen LogP contribution >= 0.6 is 38.9 Å². The summed E-state index contributed by atoms with van der Waals surface area (Å²) in [5, 5.41) is 0.404. The fraction of sp³-hybridized carbons (Fsp3) is 0.600. The maximum Gasteiger partial charge on any atom is 0.250 e. The Labute approximate surface area is 124 Å². The van der Waals surface area contributed by atoms with Gasteiger partial charge in [0.1, 0.15) is 4.21 Å². The summed E-state index contributed by atoms with van der Waals surface area (Å²) in [6.45, 7) is 4.29. The van der Waals surface area contributed by atoms with Crippen molar-refractivity contribution in [2.45, 2.75) is 36.1 Å². The summed E-state index contributed by atoms with van der Waals surface area (Å²) >= 11 is 10.2. The topological polar surface area (TPSA) is 55.4 Å². The minimum absolute atomic E-state index is 0.147. The summed E-state index contributed by atoms with van der Waals surface area (Å²) in [6, 6.07) is 1.45. The zero-order chi connectivity index (χ0) is 13.6. The molecule has 0 aromatic carbocycles. The smallest absolute Gasteiger partial charge is 0.250 e. The molecule has 0 amide bonds. The van der Waals surface area contributed by atoms with Gasteiger partial charge in [-0.3, -0.25) is 0 Å². The van der Waals surface area contributed by atoms with Gasteiger partial charge in [-0.2, -0.15) is 0 Å². The highest BCUT2D eigenvalue weighted by Crippen LogP contribution is 2.36. The highest BCUT2D eigenvalue weighted by atomic mass is 79.9. The molecular formula is C10H13BrClNO3S2. The summed E-state index contributed by atoms with van der Waals surface area (Å²) in [5.74, 6) is 0. The molecule has 0 aliphatic carbocycles. The lowest BCUT2D eigenvalue weighted by atomic mass is 9.97. The van der Waals surface area contributed by atoms with Crippen LogP contribution in [0.3, 0.4) is 0 Å². The fourth-order valence-corrected chi connectivity index (χ4v) is 5.68. The van der Waals surface area contributed by atoms with Gasteiger partial charge in [0.2, 0.25) is 0 Å². The summed E-state index contributed by atoms with van der Waals surface area (Å²) in [7, 11) is -3.56. The Morgan fingerprint density at radius 1 is 1.67 bits per heavy atom. The largest absolute Gasteiger partial charge is 0.376 e. The lowest BCUT2D eigenvalue weighted by molar-refractivity contribution is 0.0957. The monoisotopic (exact) mass is 373 g/mol. The molecule has 1 aromatic rings. The summed E-state index contributed by atoms with van der Waals surface area (Å²) < 4.78 is 33.5. The normalized spacial score (nSPS) is 28.8. The number of nitrogens with one attached hydrogen (secondary N) is 1. The van der Waals surface area contributed by atoms with Gasteiger partial charge < -0.3 is 4.74 Å². The second-order valence-electron chi connectivity index (χ2n) is 4.47. The molecule has 0 bridgehead atoms. The Balaban J connectivity index is 2.27. The van der Waals surface area contributed by atoms with E-state index < -0.39 is 15.6 Å². The predicted molar refractivity (Wildman–Crippen MR) is 75.8 cm³/mol. The molecule has 2 unspecified atom stereocenters. The zero-order valence-corrected chi connectivity index (χ0v) is 13.8. The highest BCUT2D eigenvalue weighted by molar-refractivity contribution is 9.11.